The first kappa shape index (κ1) is 14.5. The standard InChI is InChI=1S/C17H18N2O3/c1-10-5-6-11-9-12(7-8-15(11)18-10)19-16(20)13-3-2-4-14(13)17(21)22/h5-9,13-14H,2-4H2,1H3,(H,19,20)(H,21,22)/t13-,14+/m1/s1. The van der Waals surface area contributed by atoms with Gasteiger partial charge in [-0.15, -0.1) is 0 Å². The van der Waals surface area contributed by atoms with Crippen molar-refractivity contribution in [2.45, 2.75) is 26.2 Å². The molecule has 0 bridgehead atoms. The van der Waals surface area contributed by atoms with E-state index in [4.69, 9.17) is 0 Å². The molecule has 1 aliphatic rings. The van der Waals surface area contributed by atoms with E-state index in [1.807, 2.05) is 31.2 Å². The summed E-state index contributed by atoms with van der Waals surface area (Å²) in [7, 11) is 0. The quantitative estimate of drug-likeness (QED) is 0.913. The normalized spacial score (nSPS) is 21.0. The number of carbonyl (C=O) groups excluding carboxylic acids is 1. The minimum absolute atomic E-state index is 0.204. The molecule has 5 heteroatoms. The van der Waals surface area contributed by atoms with E-state index in [9.17, 15) is 14.7 Å². The van der Waals surface area contributed by atoms with Crippen LogP contribution in [0.25, 0.3) is 10.9 Å². The van der Waals surface area contributed by atoms with E-state index >= 15 is 0 Å². The molecule has 2 atom stereocenters. The Morgan fingerprint density at radius 3 is 2.73 bits per heavy atom. The Kier molecular flexibility index (Phi) is 3.79. The van der Waals surface area contributed by atoms with Crippen LogP contribution in [0.2, 0.25) is 0 Å². The summed E-state index contributed by atoms with van der Waals surface area (Å²) in [5.74, 6) is -2.09. The second kappa shape index (κ2) is 5.75. The van der Waals surface area contributed by atoms with Gasteiger partial charge in [-0.05, 0) is 44.0 Å². The fourth-order valence-corrected chi connectivity index (χ4v) is 3.11. The first-order valence-corrected chi connectivity index (χ1v) is 7.45. The lowest BCUT2D eigenvalue weighted by molar-refractivity contribution is -0.145. The molecule has 1 fully saturated rings. The average Bonchev–Trinajstić information content (AvgIpc) is 2.97. The highest BCUT2D eigenvalue weighted by Crippen LogP contribution is 2.33. The van der Waals surface area contributed by atoms with Gasteiger partial charge in [0.25, 0.3) is 0 Å². The zero-order valence-corrected chi connectivity index (χ0v) is 12.4. The third-order valence-corrected chi connectivity index (χ3v) is 4.27. The van der Waals surface area contributed by atoms with Gasteiger partial charge in [-0.1, -0.05) is 12.5 Å². The summed E-state index contributed by atoms with van der Waals surface area (Å²) < 4.78 is 0. The van der Waals surface area contributed by atoms with Crippen LogP contribution in [0.3, 0.4) is 0 Å². The molecule has 22 heavy (non-hydrogen) atoms. The van der Waals surface area contributed by atoms with E-state index in [2.05, 4.69) is 10.3 Å². The van der Waals surface area contributed by atoms with Crippen molar-refractivity contribution in [3.05, 3.63) is 36.0 Å². The number of anilines is 1. The van der Waals surface area contributed by atoms with Gasteiger partial charge in [0.1, 0.15) is 0 Å². The summed E-state index contributed by atoms with van der Waals surface area (Å²) >= 11 is 0. The van der Waals surface area contributed by atoms with Gasteiger partial charge in [0.05, 0.1) is 17.4 Å². The van der Waals surface area contributed by atoms with E-state index in [-0.39, 0.29) is 5.91 Å². The van der Waals surface area contributed by atoms with Gasteiger partial charge in [0.2, 0.25) is 5.91 Å². The average molecular weight is 298 g/mol. The van der Waals surface area contributed by atoms with Gasteiger partial charge in [-0.25, -0.2) is 0 Å². The zero-order chi connectivity index (χ0) is 15.7. The maximum atomic E-state index is 12.3. The van der Waals surface area contributed by atoms with Crippen molar-refractivity contribution in [2.75, 3.05) is 5.32 Å². The molecular weight excluding hydrogens is 280 g/mol. The summed E-state index contributed by atoms with van der Waals surface area (Å²) in [6.45, 7) is 1.93. The lowest BCUT2D eigenvalue weighted by Crippen LogP contribution is -2.29. The van der Waals surface area contributed by atoms with E-state index < -0.39 is 17.8 Å². The van der Waals surface area contributed by atoms with Crippen LogP contribution in [0.4, 0.5) is 5.69 Å². The van der Waals surface area contributed by atoms with Crippen LogP contribution >= 0.6 is 0 Å². The van der Waals surface area contributed by atoms with Crippen LogP contribution in [0.1, 0.15) is 25.0 Å². The van der Waals surface area contributed by atoms with Crippen LogP contribution in [0.5, 0.6) is 0 Å². The first-order valence-electron chi connectivity index (χ1n) is 7.45. The SMILES string of the molecule is Cc1ccc2cc(NC(=O)[C@@H]3CCC[C@@H]3C(=O)O)ccc2n1. The van der Waals surface area contributed by atoms with Gasteiger partial charge in [0, 0.05) is 16.8 Å². The lowest BCUT2D eigenvalue weighted by Gasteiger charge is -2.15. The molecule has 0 spiro atoms. The summed E-state index contributed by atoms with van der Waals surface area (Å²) in [4.78, 5) is 27.9. The summed E-state index contributed by atoms with van der Waals surface area (Å²) in [6.07, 6.45) is 2.00. The van der Waals surface area contributed by atoms with Gasteiger partial charge >= 0.3 is 5.97 Å². The van der Waals surface area contributed by atoms with Gasteiger partial charge < -0.3 is 10.4 Å². The van der Waals surface area contributed by atoms with Crippen LogP contribution in [0, 0.1) is 18.8 Å². The largest absolute Gasteiger partial charge is 0.481 e. The fourth-order valence-electron chi connectivity index (χ4n) is 3.11. The Morgan fingerprint density at radius 1 is 1.18 bits per heavy atom. The first-order chi connectivity index (χ1) is 10.5. The molecule has 5 nitrogen and oxygen atoms in total. The zero-order valence-electron chi connectivity index (χ0n) is 12.4. The van der Waals surface area contributed by atoms with Crippen molar-refractivity contribution < 1.29 is 14.7 Å². The molecular formula is C17H18N2O3. The molecule has 1 aliphatic carbocycles. The number of nitrogens with one attached hydrogen (secondary N) is 1. The molecule has 1 saturated carbocycles. The number of aromatic nitrogens is 1. The molecule has 0 unspecified atom stereocenters. The molecule has 0 aliphatic heterocycles. The minimum atomic E-state index is -0.879. The van der Waals surface area contributed by atoms with E-state index in [0.717, 1.165) is 23.0 Å². The molecule has 1 amide bonds. The van der Waals surface area contributed by atoms with Crippen molar-refractivity contribution in [3.8, 4) is 0 Å². The number of benzene rings is 1. The van der Waals surface area contributed by atoms with Crippen LogP contribution in [-0.2, 0) is 9.59 Å². The number of carbonyl (C=O) groups is 2. The second-order valence-corrected chi connectivity index (χ2v) is 5.83. The maximum absolute atomic E-state index is 12.3. The van der Waals surface area contributed by atoms with Gasteiger partial charge in [0.15, 0.2) is 0 Å². The van der Waals surface area contributed by atoms with Crippen molar-refractivity contribution in [3.63, 3.8) is 0 Å². The number of fused-ring (bicyclic) bond motifs is 1. The Morgan fingerprint density at radius 2 is 1.95 bits per heavy atom. The predicted octanol–water partition coefficient (Wildman–Crippen LogP) is 2.98. The number of hydrogen-bond donors (Lipinski definition) is 2. The van der Waals surface area contributed by atoms with Crippen molar-refractivity contribution in [2.24, 2.45) is 11.8 Å². The molecule has 3 rings (SSSR count). The third-order valence-electron chi connectivity index (χ3n) is 4.27. The summed E-state index contributed by atoms with van der Waals surface area (Å²) in [5, 5.41) is 13.0. The number of carboxylic acid groups (broad SMARTS) is 1. The topological polar surface area (TPSA) is 79.3 Å². The van der Waals surface area contributed by atoms with Crippen LogP contribution < -0.4 is 5.32 Å². The number of rotatable bonds is 3. The van der Waals surface area contributed by atoms with Gasteiger partial charge in [-0.3, -0.25) is 14.6 Å². The molecule has 1 aromatic heterocycles. The Bertz CT molecular complexity index is 742. The lowest BCUT2D eigenvalue weighted by atomic mass is 9.95. The van der Waals surface area contributed by atoms with Gasteiger partial charge in [-0.2, -0.15) is 0 Å². The molecule has 2 N–H and O–H groups in total. The predicted molar refractivity (Wildman–Crippen MR) is 83.6 cm³/mol. The number of aryl methyl sites for hydroxylation is 1. The number of aliphatic carboxylic acids is 1. The van der Waals surface area contributed by atoms with Crippen LogP contribution in [-0.4, -0.2) is 22.0 Å². The minimum Gasteiger partial charge on any atom is -0.481 e. The highest BCUT2D eigenvalue weighted by atomic mass is 16.4. The number of carboxylic acids is 1. The molecule has 1 aromatic carbocycles. The number of amides is 1. The molecule has 2 aromatic rings. The molecule has 114 valence electrons. The number of pyridine rings is 1. The van der Waals surface area contributed by atoms with E-state index in [1.165, 1.54) is 0 Å². The molecule has 1 heterocycles. The molecule has 0 saturated heterocycles. The Balaban J connectivity index is 1.79. The fraction of sp³-hybridized carbons (Fsp3) is 0.353. The Hall–Kier alpha value is -2.43. The van der Waals surface area contributed by atoms with Crippen molar-refractivity contribution in [1.29, 1.82) is 0 Å². The highest BCUT2D eigenvalue weighted by Gasteiger charge is 2.37. The maximum Gasteiger partial charge on any atom is 0.307 e. The van der Waals surface area contributed by atoms with E-state index in [0.29, 0.717) is 18.5 Å². The molecule has 0 radical (unpaired) electrons. The monoisotopic (exact) mass is 298 g/mol. The number of nitrogens with zero attached hydrogens (tertiary/aromatic N) is 1. The number of hydrogen-bond acceptors (Lipinski definition) is 3. The van der Waals surface area contributed by atoms with Crippen LogP contribution in [0.15, 0.2) is 30.3 Å². The Labute approximate surface area is 128 Å². The van der Waals surface area contributed by atoms with E-state index in [1.54, 1.807) is 6.07 Å². The highest BCUT2D eigenvalue weighted by molar-refractivity contribution is 5.97. The third kappa shape index (κ3) is 2.79. The smallest absolute Gasteiger partial charge is 0.307 e. The summed E-state index contributed by atoms with van der Waals surface area (Å²) in [6, 6.07) is 9.41. The van der Waals surface area contributed by atoms with Crippen molar-refractivity contribution >= 4 is 28.5 Å². The van der Waals surface area contributed by atoms with Crippen molar-refractivity contribution in [1.82, 2.24) is 4.98 Å². The second-order valence-electron chi connectivity index (χ2n) is 5.83. The summed E-state index contributed by atoms with van der Waals surface area (Å²) in [5.41, 5.74) is 2.50.